The van der Waals surface area contributed by atoms with Crippen molar-refractivity contribution >= 4 is 6.03 Å². The Balaban J connectivity index is 2.10. The van der Waals surface area contributed by atoms with Crippen molar-refractivity contribution in [2.45, 2.75) is 26.4 Å². The summed E-state index contributed by atoms with van der Waals surface area (Å²) in [5.41, 5.74) is 2.37. The number of urea groups is 1. The van der Waals surface area contributed by atoms with Crippen LogP contribution in [0.4, 0.5) is 4.79 Å². The van der Waals surface area contributed by atoms with Crippen LogP contribution in [0.1, 0.15) is 20.3 Å². The molecule has 0 aromatic heterocycles. The van der Waals surface area contributed by atoms with Crippen molar-refractivity contribution in [2.75, 3.05) is 13.1 Å². The highest BCUT2D eigenvalue weighted by Gasteiger charge is 2.19. The lowest BCUT2D eigenvalue weighted by molar-refractivity contribution is 0.00222. The highest BCUT2D eigenvalue weighted by atomic mass is 16.7. The largest absolute Gasteiger partial charge is 0.341 e. The van der Waals surface area contributed by atoms with Gasteiger partial charge in [-0.1, -0.05) is 0 Å². The number of hydrogen-bond acceptors (Lipinski definition) is 2. The maximum Gasteiger partial charge on any atom is 0.341 e. The first-order valence-corrected chi connectivity index (χ1v) is 3.90. The van der Waals surface area contributed by atoms with Gasteiger partial charge in [-0.2, -0.15) is 0 Å². The van der Waals surface area contributed by atoms with Crippen molar-refractivity contribution < 1.29 is 9.63 Å². The Morgan fingerprint density at radius 2 is 2.18 bits per heavy atom. The number of hydrogen-bond donors (Lipinski definition) is 1. The van der Waals surface area contributed by atoms with Gasteiger partial charge in [0.2, 0.25) is 0 Å². The van der Waals surface area contributed by atoms with Crippen molar-refractivity contribution in [3.05, 3.63) is 0 Å². The predicted octanol–water partition coefficient (Wildman–Crippen LogP) is 0.742. The van der Waals surface area contributed by atoms with Crippen molar-refractivity contribution in [1.82, 2.24) is 10.4 Å². The predicted molar refractivity (Wildman–Crippen MR) is 40.9 cm³/mol. The molecule has 0 saturated carbocycles. The number of hydroxylamine groups is 1. The van der Waals surface area contributed by atoms with Crippen LogP contribution in [0.2, 0.25) is 0 Å². The van der Waals surface area contributed by atoms with E-state index < -0.39 is 0 Å². The highest BCUT2D eigenvalue weighted by molar-refractivity contribution is 5.73. The number of nitrogens with zero attached hydrogens (tertiary/aromatic N) is 1. The first-order chi connectivity index (χ1) is 5.20. The summed E-state index contributed by atoms with van der Waals surface area (Å²) in [7, 11) is 0. The second kappa shape index (κ2) is 3.57. The number of carbonyl (C=O) groups excluding carboxylic acids is 1. The molecule has 1 fully saturated rings. The summed E-state index contributed by atoms with van der Waals surface area (Å²) in [6, 6.07) is -0.120. The van der Waals surface area contributed by atoms with E-state index in [1.165, 1.54) is 0 Å². The molecule has 0 aliphatic carbocycles. The number of rotatable bonds is 2. The molecule has 0 bridgehead atoms. The third-order valence-electron chi connectivity index (χ3n) is 1.53. The molecule has 0 unspecified atom stereocenters. The zero-order valence-corrected chi connectivity index (χ0v) is 6.96. The molecule has 2 amide bonds. The zero-order chi connectivity index (χ0) is 8.27. The van der Waals surface area contributed by atoms with Crippen LogP contribution in [0.3, 0.4) is 0 Å². The maximum atomic E-state index is 11.0. The van der Waals surface area contributed by atoms with E-state index in [-0.39, 0.29) is 12.1 Å². The standard InChI is InChI=1S/C7H14N2O2/c1-6(2)11-8-7(10)9-4-3-5-9/h6H,3-5H2,1-2H3,(H,8,10). The summed E-state index contributed by atoms with van der Waals surface area (Å²) in [4.78, 5) is 17.6. The number of likely N-dealkylation sites (tertiary alicyclic amines) is 1. The fourth-order valence-electron chi connectivity index (χ4n) is 0.752. The maximum absolute atomic E-state index is 11.0. The number of amides is 2. The van der Waals surface area contributed by atoms with Gasteiger partial charge in [0.1, 0.15) is 0 Å². The van der Waals surface area contributed by atoms with Crippen LogP contribution in [-0.4, -0.2) is 30.1 Å². The Morgan fingerprint density at radius 3 is 2.55 bits per heavy atom. The first-order valence-electron chi connectivity index (χ1n) is 3.90. The lowest BCUT2D eigenvalue weighted by atomic mass is 10.2. The molecular weight excluding hydrogens is 144 g/mol. The molecule has 1 heterocycles. The molecule has 0 aromatic rings. The van der Waals surface area contributed by atoms with Crippen LogP contribution in [0, 0.1) is 0 Å². The molecule has 0 spiro atoms. The number of nitrogens with one attached hydrogen (secondary N) is 1. The molecule has 0 radical (unpaired) electrons. The highest BCUT2D eigenvalue weighted by Crippen LogP contribution is 2.04. The van der Waals surface area contributed by atoms with Crippen LogP contribution < -0.4 is 5.48 Å². The van der Waals surface area contributed by atoms with E-state index in [1.807, 2.05) is 13.8 Å². The van der Waals surface area contributed by atoms with Crippen molar-refractivity contribution in [2.24, 2.45) is 0 Å². The summed E-state index contributed by atoms with van der Waals surface area (Å²) in [5, 5.41) is 0. The van der Waals surface area contributed by atoms with E-state index in [9.17, 15) is 4.79 Å². The quantitative estimate of drug-likeness (QED) is 0.602. The Kier molecular flexibility index (Phi) is 2.70. The van der Waals surface area contributed by atoms with E-state index in [1.54, 1.807) is 4.90 Å². The smallest absolute Gasteiger partial charge is 0.323 e. The van der Waals surface area contributed by atoms with Gasteiger partial charge in [0, 0.05) is 13.1 Å². The minimum absolute atomic E-state index is 0.0419. The van der Waals surface area contributed by atoms with E-state index >= 15 is 0 Å². The Hall–Kier alpha value is -0.770. The minimum Gasteiger partial charge on any atom is -0.323 e. The number of carbonyl (C=O) groups is 1. The van der Waals surface area contributed by atoms with Gasteiger partial charge in [-0.05, 0) is 20.3 Å². The van der Waals surface area contributed by atoms with Crippen LogP contribution in [0.25, 0.3) is 0 Å². The second-order valence-corrected chi connectivity index (χ2v) is 2.91. The monoisotopic (exact) mass is 158 g/mol. The van der Waals surface area contributed by atoms with E-state index in [4.69, 9.17) is 4.84 Å². The molecule has 1 rings (SSSR count). The molecule has 1 aliphatic rings. The summed E-state index contributed by atoms with van der Waals surface area (Å²) in [6.45, 7) is 5.45. The second-order valence-electron chi connectivity index (χ2n) is 2.91. The summed E-state index contributed by atoms with van der Waals surface area (Å²) < 4.78 is 0. The lowest BCUT2D eigenvalue weighted by Gasteiger charge is -2.30. The SMILES string of the molecule is CC(C)ONC(=O)N1CCC1. The molecule has 11 heavy (non-hydrogen) atoms. The average Bonchev–Trinajstić information content (AvgIpc) is 1.79. The molecule has 4 nitrogen and oxygen atoms in total. The molecular formula is C7H14N2O2. The summed E-state index contributed by atoms with van der Waals surface area (Å²) in [5.74, 6) is 0. The molecule has 64 valence electrons. The Morgan fingerprint density at radius 1 is 1.55 bits per heavy atom. The summed E-state index contributed by atoms with van der Waals surface area (Å²) >= 11 is 0. The fourth-order valence-corrected chi connectivity index (χ4v) is 0.752. The van der Waals surface area contributed by atoms with Crippen molar-refractivity contribution in [3.8, 4) is 0 Å². The van der Waals surface area contributed by atoms with Crippen LogP contribution in [0.5, 0.6) is 0 Å². The van der Waals surface area contributed by atoms with Gasteiger partial charge in [-0.3, -0.25) is 4.84 Å². The Labute approximate surface area is 66.5 Å². The molecule has 4 heteroatoms. The summed E-state index contributed by atoms with van der Waals surface area (Å²) in [6.07, 6.45) is 1.15. The fraction of sp³-hybridized carbons (Fsp3) is 0.857. The van der Waals surface area contributed by atoms with E-state index in [2.05, 4.69) is 5.48 Å². The van der Waals surface area contributed by atoms with Gasteiger partial charge in [0.25, 0.3) is 0 Å². The van der Waals surface area contributed by atoms with Crippen LogP contribution >= 0.6 is 0 Å². The normalized spacial score (nSPS) is 16.5. The van der Waals surface area contributed by atoms with Gasteiger partial charge >= 0.3 is 6.03 Å². The van der Waals surface area contributed by atoms with Gasteiger partial charge in [-0.25, -0.2) is 10.3 Å². The van der Waals surface area contributed by atoms with Crippen molar-refractivity contribution in [3.63, 3.8) is 0 Å². The molecule has 1 saturated heterocycles. The molecule has 1 aliphatic heterocycles. The van der Waals surface area contributed by atoms with Gasteiger partial charge in [-0.15, -0.1) is 0 Å². The first kappa shape index (κ1) is 8.33. The average molecular weight is 158 g/mol. The molecule has 1 N–H and O–H groups in total. The topological polar surface area (TPSA) is 41.6 Å². The van der Waals surface area contributed by atoms with Gasteiger partial charge < -0.3 is 4.90 Å². The van der Waals surface area contributed by atoms with Gasteiger partial charge in [0.05, 0.1) is 6.10 Å². The Bertz CT molecular complexity index is 143. The van der Waals surface area contributed by atoms with E-state index in [0.29, 0.717) is 0 Å². The zero-order valence-electron chi connectivity index (χ0n) is 6.96. The molecule has 0 aromatic carbocycles. The third kappa shape index (κ3) is 2.38. The van der Waals surface area contributed by atoms with Crippen molar-refractivity contribution in [1.29, 1.82) is 0 Å². The lowest BCUT2D eigenvalue weighted by Crippen LogP contribution is -2.48. The van der Waals surface area contributed by atoms with Crippen LogP contribution in [0.15, 0.2) is 0 Å². The van der Waals surface area contributed by atoms with Gasteiger partial charge in [0.15, 0.2) is 0 Å². The van der Waals surface area contributed by atoms with Crippen LogP contribution in [-0.2, 0) is 4.84 Å². The van der Waals surface area contributed by atoms with E-state index in [0.717, 1.165) is 19.5 Å². The molecule has 0 atom stereocenters. The third-order valence-corrected chi connectivity index (χ3v) is 1.53. The minimum atomic E-state index is -0.120.